The molecular formula is C14H21NO. The van der Waals surface area contributed by atoms with Crippen molar-refractivity contribution < 1.29 is 5.11 Å². The maximum atomic E-state index is 10.5. The number of rotatable bonds is 3. The van der Waals surface area contributed by atoms with Crippen LogP contribution in [0.15, 0.2) is 24.3 Å². The Balaban J connectivity index is 2.11. The van der Waals surface area contributed by atoms with Crippen LogP contribution in [-0.2, 0) is 6.42 Å². The van der Waals surface area contributed by atoms with Gasteiger partial charge in [0.1, 0.15) is 0 Å². The third kappa shape index (κ3) is 2.22. The smallest absolute Gasteiger partial charge is 0.0825 e. The predicted octanol–water partition coefficient (Wildman–Crippen LogP) is 2.82. The summed E-state index contributed by atoms with van der Waals surface area (Å²) in [6.07, 6.45) is 1.76. The number of nitrogens with one attached hydrogen (secondary N) is 1. The van der Waals surface area contributed by atoms with Crippen molar-refractivity contribution in [1.29, 1.82) is 0 Å². The van der Waals surface area contributed by atoms with Gasteiger partial charge in [-0.25, -0.2) is 0 Å². The Morgan fingerprint density at radius 1 is 1.44 bits per heavy atom. The Hall–Kier alpha value is -1.02. The predicted molar refractivity (Wildman–Crippen MR) is 67.6 cm³/mol. The highest BCUT2D eigenvalue weighted by Crippen LogP contribution is 2.33. The highest BCUT2D eigenvalue weighted by molar-refractivity contribution is 5.57. The monoisotopic (exact) mass is 219 g/mol. The number of aliphatic hydroxyl groups is 1. The molecule has 0 saturated heterocycles. The van der Waals surface area contributed by atoms with Gasteiger partial charge in [-0.15, -0.1) is 0 Å². The van der Waals surface area contributed by atoms with E-state index in [1.54, 1.807) is 0 Å². The van der Waals surface area contributed by atoms with E-state index < -0.39 is 5.60 Å². The molecule has 2 N–H and O–H groups in total. The van der Waals surface area contributed by atoms with Crippen LogP contribution in [0.4, 0.5) is 5.69 Å². The Morgan fingerprint density at radius 2 is 2.12 bits per heavy atom. The van der Waals surface area contributed by atoms with Crippen LogP contribution in [0.5, 0.6) is 0 Å². The van der Waals surface area contributed by atoms with Crippen molar-refractivity contribution in [1.82, 2.24) is 0 Å². The number of fused-ring (bicyclic) bond motifs is 1. The fourth-order valence-corrected chi connectivity index (χ4v) is 2.64. The molecule has 2 unspecified atom stereocenters. The third-order valence-electron chi connectivity index (χ3n) is 3.34. The van der Waals surface area contributed by atoms with Gasteiger partial charge in [0.15, 0.2) is 0 Å². The van der Waals surface area contributed by atoms with Gasteiger partial charge in [-0.2, -0.15) is 0 Å². The molecule has 0 bridgehead atoms. The van der Waals surface area contributed by atoms with E-state index in [1.807, 2.05) is 13.0 Å². The fraction of sp³-hybridized carbons (Fsp3) is 0.571. The van der Waals surface area contributed by atoms with Crippen LogP contribution in [0.3, 0.4) is 0 Å². The minimum Gasteiger partial charge on any atom is -0.388 e. The van der Waals surface area contributed by atoms with Gasteiger partial charge >= 0.3 is 0 Å². The first-order valence-electron chi connectivity index (χ1n) is 6.06. The lowest BCUT2D eigenvalue weighted by Crippen LogP contribution is -2.44. The molecule has 16 heavy (non-hydrogen) atoms. The van der Waals surface area contributed by atoms with E-state index in [9.17, 15) is 5.11 Å². The Labute approximate surface area is 97.7 Å². The van der Waals surface area contributed by atoms with Gasteiger partial charge in [0.25, 0.3) is 0 Å². The molecule has 0 radical (unpaired) electrons. The van der Waals surface area contributed by atoms with Crippen LogP contribution < -0.4 is 5.32 Å². The van der Waals surface area contributed by atoms with Gasteiger partial charge in [0, 0.05) is 5.69 Å². The Bertz CT molecular complexity index is 346. The third-order valence-corrected chi connectivity index (χ3v) is 3.34. The average Bonchev–Trinajstić information content (AvgIpc) is 2.59. The van der Waals surface area contributed by atoms with Crippen LogP contribution in [0.25, 0.3) is 0 Å². The Morgan fingerprint density at radius 3 is 2.75 bits per heavy atom. The van der Waals surface area contributed by atoms with Gasteiger partial charge in [0.2, 0.25) is 0 Å². The fourth-order valence-electron chi connectivity index (χ4n) is 2.64. The molecule has 0 aromatic heterocycles. The van der Waals surface area contributed by atoms with Crippen molar-refractivity contribution in [2.75, 3.05) is 5.32 Å². The first kappa shape index (κ1) is 11.5. The van der Waals surface area contributed by atoms with E-state index in [0.29, 0.717) is 5.92 Å². The van der Waals surface area contributed by atoms with Gasteiger partial charge in [-0.1, -0.05) is 32.0 Å². The zero-order chi connectivity index (χ0) is 11.8. The zero-order valence-electron chi connectivity index (χ0n) is 10.3. The molecule has 0 spiro atoms. The quantitative estimate of drug-likeness (QED) is 0.819. The summed E-state index contributed by atoms with van der Waals surface area (Å²) >= 11 is 0. The SMILES string of the molecule is CC(C)CC(C)(O)C1Cc2ccccc2N1. The second-order valence-electron chi connectivity index (χ2n) is 5.51. The van der Waals surface area contributed by atoms with Crippen LogP contribution in [0.2, 0.25) is 0 Å². The lowest BCUT2D eigenvalue weighted by Gasteiger charge is -2.32. The van der Waals surface area contributed by atoms with Gasteiger partial charge < -0.3 is 10.4 Å². The summed E-state index contributed by atoms with van der Waals surface area (Å²) in [5.41, 5.74) is 1.86. The number of para-hydroxylation sites is 1. The number of anilines is 1. The molecule has 2 heteroatoms. The summed E-state index contributed by atoms with van der Waals surface area (Å²) in [5, 5.41) is 13.9. The molecule has 0 aliphatic carbocycles. The van der Waals surface area contributed by atoms with Crippen molar-refractivity contribution >= 4 is 5.69 Å². The standard InChI is InChI=1S/C14H21NO/c1-10(2)9-14(3,16)13-8-11-6-4-5-7-12(11)15-13/h4-7,10,13,15-16H,8-9H2,1-3H3. The normalized spacial score (nSPS) is 22.7. The van der Waals surface area contributed by atoms with Crippen molar-refractivity contribution in [3.8, 4) is 0 Å². The maximum Gasteiger partial charge on any atom is 0.0825 e. The molecule has 0 amide bonds. The van der Waals surface area contributed by atoms with E-state index in [2.05, 4.69) is 37.4 Å². The van der Waals surface area contributed by atoms with Crippen molar-refractivity contribution in [2.45, 2.75) is 45.3 Å². The molecule has 2 atom stereocenters. The maximum absolute atomic E-state index is 10.5. The molecule has 2 rings (SSSR count). The highest BCUT2D eigenvalue weighted by Gasteiger charge is 2.36. The zero-order valence-corrected chi connectivity index (χ0v) is 10.3. The molecule has 88 valence electrons. The number of hydrogen-bond donors (Lipinski definition) is 2. The van der Waals surface area contributed by atoms with Crippen LogP contribution in [-0.4, -0.2) is 16.7 Å². The van der Waals surface area contributed by atoms with E-state index in [1.165, 1.54) is 11.3 Å². The summed E-state index contributed by atoms with van der Waals surface area (Å²) in [6, 6.07) is 8.45. The summed E-state index contributed by atoms with van der Waals surface area (Å²) in [4.78, 5) is 0. The summed E-state index contributed by atoms with van der Waals surface area (Å²) in [6.45, 7) is 6.24. The average molecular weight is 219 g/mol. The van der Waals surface area contributed by atoms with E-state index in [-0.39, 0.29) is 6.04 Å². The number of benzene rings is 1. The molecule has 1 aliphatic heterocycles. The second kappa shape index (κ2) is 4.10. The van der Waals surface area contributed by atoms with Crippen LogP contribution >= 0.6 is 0 Å². The molecule has 1 aliphatic rings. The largest absolute Gasteiger partial charge is 0.388 e. The van der Waals surface area contributed by atoms with Gasteiger partial charge in [-0.05, 0) is 37.3 Å². The van der Waals surface area contributed by atoms with Crippen LogP contribution in [0.1, 0.15) is 32.8 Å². The molecule has 2 nitrogen and oxygen atoms in total. The van der Waals surface area contributed by atoms with E-state index in [4.69, 9.17) is 0 Å². The first-order chi connectivity index (χ1) is 7.49. The molecule has 1 aromatic rings. The van der Waals surface area contributed by atoms with Crippen molar-refractivity contribution in [2.24, 2.45) is 5.92 Å². The molecular weight excluding hydrogens is 198 g/mol. The summed E-state index contributed by atoms with van der Waals surface area (Å²) in [7, 11) is 0. The van der Waals surface area contributed by atoms with Gasteiger partial charge in [0.05, 0.1) is 11.6 Å². The van der Waals surface area contributed by atoms with E-state index >= 15 is 0 Å². The van der Waals surface area contributed by atoms with E-state index in [0.717, 1.165) is 12.8 Å². The second-order valence-corrected chi connectivity index (χ2v) is 5.51. The minimum absolute atomic E-state index is 0.146. The minimum atomic E-state index is -0.632. The van der Waals surface area contributed by atoms with Crippen molar-refractivity contribution in [3.05, 3.63) is 29.8 Å². The highest BCUT2D eigenvalue weighted by atomic mass is 16.3. The first-order valence-corrected chi connectivity index (χ1v) is 6.06. The molecule has 0 fully saturated rings. The molecule has 1 heterocycles. The lowest BCUT2D eigenvalue weighted by molar-refractivity contribution is 0.0213. The summed E-state index contributed by atoms with van der Waals surface area (Å²) < 4.78 is 0. The van der Waals surface area contributed by atoms with Crippen LogP contribution in [0, 0.1) is 5.92 Å². The summed E-state index contributed by atoms with van der Waals surface area (Å²) in [5.74, 6) is 0.514. The lowest BCUT2D eigenvalue weighted by atomic mass is 9.86. The molecule has 1 aromatic carbocycles. The van der Waals surface area contributed by atoms with Crippen molar-refractivity contribution in [3.63, 3.8) is 0 Å². The molecule has 0 saturated carbocycles. The van der Waals surface area contributed by atoms with Gasteiger partial charge in [-0.3, -0.25) is 0 Å². The number of hydrogen-bond acceptors (Lipinski definition) is 2. The Kier molecular flexibility index (Phi) is 2.94. The topological polar surface area (TPSA) is 32.3 Å².